The number of hydrogen-bond donors (Lipinski definition) is 1. The van der Waals surface area contributed by atoms with Crippen molar-refractivity contribution in [2.45, 2.75) is 71.4 Å². The predicted molar refractivity (Wildman–Crippen MR) is 58.9 cm³/mol. The fourth-order valence-electron chi connectivity index (χ4n) is 2.35. The van der Waals surface area contributed by atoms with Crippen LogP contribution in [-0.4, -0.2) is 12.1 Å². The molecule has 1 heteroatoms. The molecule has 1 fully saturated rings. The SMILES string of the molecule is CCC(NC1CCCCC1)C(C)C. The second-order valence-electron chi connectivity index (χ2n) is 4.76. The molecule has 1 atom stereocenters. The van der Waals surface area contributed by atoms with Crippen molar-refractivity contribution in [1.29, 1.82) is 0 Å². The van der Waals surface area contributed by atoms with Crippen molar-refractivity contribution < 1.29 is 0 Å². The minimum atomic E-state index is 0.739. The third kappa shape index (κ3) is 3.68. The van der Waals surface area contributed by atoms with E-state index in [1.54, 1.807) is 0 Å². The first kappa shape index (κ1) is 11.0. The van der Waals surface area contributed by atoms with E-state index in [0.29, 0.717) is 0 Å². The van der Waals surface area contributed by atoms with Crippen molar-refractivity contribution >= 4 is 0 Å². The maximum atomic E-state index is 3.81. The molecule has 0 heterocycles. The van der Waals surface area contributed by atoms with Crippen LogP contribution >= 0.6 is 0 Å². The van der Waals surface area contributed by atoms with Crippen LogP contribution in [0.25, 0.3) is 0 Å². The molecule has 1 nitrogen and oxygen atoms in total. The van der Waals surface area contributed by atoms with E-state index < -0.39 is 0 Å². The zero-order valence-electron chi connectivity index (χ0n) is 9.47. The maximum absolute atomic E-state index is 3.81. The molecule has 0 bridgehead atoms. The van der Waals surface area contributed by atoms with Gasteiger partial charge in [0.05, 0.1) is 0 Å². The van der Waals surface area contributed by atoms with Crippen molar-refractivity contribution in [2.75, 3.05) is 0 Å². The summed E-state index contributed by atoms with van der Waals surface area (Å²) >= 11 is 0. The van der Waals surface area contributed by atoms with Gasteiger partial charge in [-0.1, -0.05) is 40.0 Å². The molecule has 0 aromatic carbocycles. The lowest BCUT2D eigenvalue weighted by Gasteiger charge is -2.30. The Labute approximate surface area is 83.3 Å². The summed E-state index contributed by atoms with van der Waals surface area (Å²) in [7, 11) is 0. The Kier molecular flexibility index (Phi) is 4.79. The number of hydrogen-bond acceptors (Lipinski definition) is 1. The molecule has 1 aliphatic rings. The monoisotopic (exact) mass is 183 g/mol. The van der Waals surface area contributed by atoms with Gasteiger partial charge in [-0.05, 0) is 25.2 Å². The second kappa shape index (κ2) is 5.64. The van der Waals surface area contributed by atoms with Crippen molar-refractivity contribution in [2.24, 2.45) is 5.92 Å². The van der Waals surface area contributed by atoms with E-state index in [1.807, 2.05) is 0 Å². The summed E-state index contributed by atoms with van der Waals surface area (Å²) in [4.78, 5) is 0. The van der Waals surface area contributed by atoms with Crippen LogP contribution in [0.1, 0.15) is 59.3 Å². The van der Waals surface area contributed by atoms with Gasteiger partial charge in [-0.2, -0.15) is 0 Å². The maximum Gasteiger partial charge on any atom is 0.00900 e. The highest BCUT2D eigenvalue weighted by Gasteiger charge is 2.18. The summed E-state index contributed by atoms with van der Waals surface area (Å²) in [5.74, 6) is 0.784. The normalized spacial score (nSPS) is 22.2. The number of nitrogens with one attached hydrogen (secondary N) is 1. The van der Waals surface area contributed by atoms with Gasteiger partial charge in [-0.25, -0.2) is 0 Å². The Morgan fingerprint density at radius 1 is 1.15 bits per heavy atom. The minimum Gasteiger partial charge on any atom is -0.311 e. The average molecular weight is 183 g/mol. The Balaban J connectivity index is 2.27. The molecule has 1 rings (SSSR count). The Bertz CT molecular complexity index is 125. The van der Waals surface area contributed by atoms with Gasteiger partial charge in [-0.3, -0.25) is 0 Å². The molecule has 1 aliphatic carbocycles. The highest BCUT2D eigenvalue weighted by molar-refractivity contribution is 4.78. The van der Waals surface area contributed by atoms with E-state index in [9.17, 15) is 0 Å². The van der Waals surface area contributed by atoms with Crippen LogP contribution in [0, 0.1) is 5.92 Å². The van der Waals surface area contributed by atoms with E-state index in [2.05, 4.69) is 26.1 Å². The predicted octanol–water partition coefficient (Wildman–Crippen LogP) is 3.34. The first-order chi connectivity index (χ1) is 6.24. The van der Waals surface area contributed by atoms with E-state index in [-0.39, 0.29) is 0 Å². The molecule has 1 saturated carbocycles. The third-order valence-electron chi connectivity index (χ3n) is 3.30. The van der Waals surface area contributed by atoms with Crippen LogP contribution in [0.3, 0.4) is 0 Å². The van der Waals surface area contributed by atoms with Crippen LogP contribution < -0.4 is 5.32 Å². The number of rotatable bonds is 4. The van der Waals surface area contributed by atoms with E-state index in [1.165, 1.54) is 38.5 Å². The fraction of sp³-hybridized carbons (Fsp3) is 1.00. The molecule has 0 spiro atoms. The van der Waals surface area contributed by atoms with Crippen LogP contribution in [0.4, 0.5) is 0 Å². The summed E-state index contributed by atoms with van der Waals surface area (Å²) < 4.78 is 0. The molecule has 0 aliphatic heterocycles. The molecule has 78 valence electrons. The molecule has 0 saturated heterocycles. The zero-order chi connectivity index (χ0) is 9.68. The highest BCUT2D eigenvalue weighted by atomic mass is 15.0. The van der Waals surface area contributed by atoms with E-state index in [4.69, 9.17) is 0 Å². The van der Waals surface area contributed by atoms with Crippen molar-refractivity contribution in [3.63, 3.8) is 0 Å². The summed E-state index contributed by atoms with van der Waals surface area (Å²) in [6, 6.07) is 1.56. The lowest BCUT2D eigenvalue weighted by molar-refractivity contribution is 0.292. The lowest BCUT2D eigenvalue weighted by atomic mass is 9.92. The fourth-order valence-corrected chi connectivity index (χ4v) is 2.35. The van der Waals surface area contributed by atoms with Crippen LogP contribution in [0.2, 0.25) is 0 Å². The molecular weight excluding hydrogens is 158 g/mol. The zero-order valence-corrected chi connectivity index (χ0v) is 9.47. The molecule has 13 heavy (non-hydrogen) atoms. The Morgan fingerprint density at radius 2 is 1.77 bits per heavy atom. The van der Waals surface area contributed by atoms with Gasteiger partial charge >= 0.3 is 0 Å². The molecule has 1 unspecified atom stereocenters. The van der Waals surface area contributed by atoms with Gasteiger partial charge in [0, 0.05) is 12.1 Å². The quantitative estimate of drug-likeness (QED) is 0.705. The van der Waals surface area contributed by atoms with Gasteiger partial charge < -0.3 is 5.32 Å². The molecule has 0 amide bonds. The standard InChI is InChI=1S/C12H25N/c1-4-12(10(2)3)13-11-8-6-5-7-9-11/h10-13H,4-9H2,1-3H3. The largest absolute Gasteiger partial charge is 0.311 e. The van der Waals surface area contributed by atoms with Crippen molar-refractivity contribution in [3.8, 4) is 0 Å². The topological polar surface area (TPSA) is 12.0 Å². The highest BCUT2D eigenvalue weighted by Crippen LogP contribution is 2.19. The molecule has 0 aromatic heterocycles. The summed E-state index contributed by atoms with van der Waals surface area (Å²) in [5, 5.41) is 3.81. The van der Waals surface area contributed by atoms with Gasteiger partial charge in [0.25, 0.3) is 0 Å². The van der Waals surface area contributed by atoms with Gasteiger partial charge in [0.1, 0.15) is 0 Å². The Hall–Kier alpha value is -0.0400. The van der Waals surface area contributed by atoms with Gasteiger partial charge in [-0.15, -0.1) is 0 Å². The van der Waals surface area contributed by atoms with Gasteiger partial charge in [0.2, 0.25) is 0 Å². The molecule has 0 radical (unpaired) electrons. The Morgan fingerprint density at radius 3 is 2.23 bits per heavy atom. The van der Waals surface area contributed by atoms with Crippen LogP contribution in [0.5, 0.6) is 0 Å². The molecule has 0 aromatic rings. The van der Waals surface area contributed by atoms with E-state index >= 15 is 0 Å². The van der Waals surface area contributed by atoms with Crippen molar-refractivity contribution in [1.82, 2.24) is 5.32 Å². The van der Waals surface area contributed by atoms with Crippen molar-refractivity contribution in [3.05, 3.63) is 0 Å². The smallest absolute Gasteiger partial charge is 0.00900 e. The van der Waals surface area contributed by atoms with E-state index in [0.717, 1.165) is 18.0 Å². The summed E-state index contributed by atoms with van der Waals surface area (Å²) in [6.07, 6.45) is 8.41. The molecular formula is C12H25N. The van der Waals surface area contributed by atoms with Crippen LogP contribution in [0.15, 0.2) is 0 Å². The van der Waals surface area contributed by atoms with Gasteiger partial charge in [0.15, 0.2) is 0 Å². The lowest BCUT2D eigenvalue weighted by Crippen LogP contribution is -2.41. The third-order valence-corrected chi connectivity index (χ3v) is 3.30. The first-order valence-corrected chi connectivity index (χ1v) is 6.00. The molecule has 1 N–H and O–H groups in total. The second-order valence-corrected chi connectivity index (χ2v) is 4.76. The first-order valence-electron chi connectivity index (χ1n) is 6.00. The minimum absolute atomic E-state index is 0.739. The average Bonchev–Trinajstić information content (AvgIpc) is 2.15. The van der Waals surface area contributed by atoms with Crippen LogP contribution in [-0.2, 0) is 0 Å². The summed E-state index contributed by atoms with van der Waals surface area (Å²) in [5.41, 5.74) is 0. The summed E-state index contributed by atoms with van der Waals surface area (Å²) in [6.45, 7) is 6.94.